The second kappa shape index (κ2) is 7.51. The van der Waals surface area contributed by atoms with E-state index in [0.29, 0.717) is 19.6 Å². The number of piperazine rings is 1. The highest BCUT2D eigenvalue weighted by Gasteiger charge is 2.49. The van der Waals surface area contributed by atoms with Crippen LogP contribution in [0.15, 0.2) is 24.3 Å². The number of rotatable bonds is 5. The van der Waals surface area contributed by atoms with E-state index >= 15 is 0 Å². The minimum Gasteiger partial charge on any atom is -0.333 e. The fraction of sp³-hybridized carbons (Fsp3) is 0.571. The molecule has 2 amide bonds. The number of carbonyl (C=O) groups excluding carboxylic acids is 2. The number of benzene rings is 1. The molecule has 0 saturated carbocycles. The van der Waals surface area contributed by atoms with Crippen LogP contribution in [0.5, 0.6) is 0 Å². The van der Waals surface area contributed by atoms with Gasteiger partial charge in [-0.05, 0) is 37.0 Å². The van der Waals surface area contributed by atoms with Gasteiger partial charge in [-0.15, -0.1) is 0 Å². The predicted octanol–water partition coefficient (Wildman–Crippen LogP) is 1.76. The summed E-state index contributed by atoms with van der Waals surface area (Å²) in [6, 6.07) is 8.19. The molecule has 3 saturated heterocycles. The van der Waals surface area contributed by atoms with Crippen LogP contribution >= 0.6 is 0 Å². The van der Waals surface area contributed by atoms with Gasteiger partial charge in [-0.25, -0.2) is 4.39 Å². The van der Waals surface area contributed by atoms with Gasteiger partial charge in [-0.3, -0.25) is 14.5 Å². The first-order chi connectivity index (χ1) is 13.5. The molecule has 1 aromatic carbocycles. The van der Waals surface area contributed by atoms with Gasteiger partial charge in [-0.2, -0.15) is 5.26 Å². The first kappa shape index (κ1) is 18.9. The highest BCUT2D eigenvalue weighted by atomic mass is 19.1. The lowest BCUT2D eigenvalue weighted by molar-refractivity contribution is -0.140. The van der Waals surface area contributed by atoms with Gasteiger partial charge < -0.3 is 9.80 Å². The monoisotopic (exact) mass is 384 g/mol. The molecule has 4 rings (SSSR count). The van der Waals surface area contributed by atoms with Gasteiger partial charge in [0, 0.05) is 38.1 Å². The van der Waals surface area contributed by atoms with E-state index in [-0.39, 0.29) is 41.7 Å². The van der Waals surface area contributed by atoms with Crippen LogP contribution in [0.25, 0.3) is 0 Å². The summed E-state index contributed by atoms with van der Waals surface area (Å²) in [5.74, 6) is -0.453. The van der Waals surface area contributed by atoms with E-state index in [0.717, 1.165) is 31.4 Å². The molecule has 0 aromatic heterocycles. The molecular weight excluding hydrogens is 359 g/mol. The molecule has 0 spiro atoms. The summed E-state index contributed by atoms with van der Waals surface area (Å²) in [6.45, 7) is 4.24. The van der Waals surface area contributed by atoms with Crippen molar-refractivity contribution in [3.05, 3.63) is 35.6 Å². The zero-order valence-corrected chi connectivity index (χ0v) is 16.1. The van der Waals surface area contributed by atoms with Gasteiger partial charge in [0.15, 0.2) is 0 Å². The Morgan fingerprint density at radius 2 is 2.25 bits per heavy atom. The first-order valence-electron chi connectivity index (χ1n) is 9.97. The predicted molar refractivity (Wildman–Crippen MR) is 100 cm³/mol. The highest BCUT2D eigenvalue weighted by Crippen LogP contribution is 2.34. The zero-order chi connectivity index (χ0) is 19.8. The molecule has 7 heteroatoms. The molecule has 148 valence electrons. The molecule has 0 aliphatic carbocycles. The minimum absolute atomic E-state index is 0.0101. The van der Waals surface area contributed by atoms with Crippen molar-refractivity contribution in [1.82, 2.24) is 14.7 Å². The van der Waals surface area contributed by atoms with Crippen molar-refractivity contribution in [3.8, 4) is 6.07 Å². The molecule has 1 aromatic rings. The van der Waals surface area contributed by atoms with Crippen LogP contribution in [0.1, 0.15) is 31.7 Å². The van der Waals surface area contributed by atoms with Crippen LogP contribution in [0.4, 0.5) is 4.39 Å². The number of likely N-dealkylation sites (tertiary alicyclic amines) is 3. The number of fused-ring (bicyclic) bond motifs is 2. The summed E-state index contributed by atoms with van der Waals surface area (Å²) in [4.78, 5) is 31.2. The SMILES string of the molecule is CC(CN1C[C@H]2C[C@@H]1C(=O)N2Cc1cccc(F)c1)C(=O)N1CCC[C@H]1C#N. The van der Waals surface area contributed by atoms with E-state index in [4.69, 9.17) is 0 Å². The van der Waals surface area contributed by atoms with Crippen molar-refractivity contribution >= 4 is 11.8 Å². The molecule has 6 nitrogen and oxygen atoms in total. The number of nitrogens with zero attached hydrogens (tertiary/aromatic N) is 4. The van der Waals surface area contributed by atoms with Crippen LogP contribution in [-0.2, 0) is 16.1 Å². The Morgan fingerprint density at radius 3 is 2.96 bits per heavy atom. The Hall–Kier alpha value is -2.46. The van der Waals surface area contributed by atoms with Gasteiger partial charge in [0.1, 0.15) is 11.9 Å². The second-order valence-corrected chi connectivity index (χ2v) is 8.18. The molecule has 2 bridgehead atoms. The van der Waals surface area contributed by atoms with E-state index in [1.165, 1.54) is 12.1 Å². The fourth-order valence-electron chi connectivity index (χ4n) is 4.85. The maximum atomic E-state index is 13.4. The number of hydrogen-bond acceptors (Lipinski definition) is 4. The van der Waals surface area contributed by atoms with E-state index in [2.05, 4.69) is 11.0 Å². The lowest BCUT2D eigenvalue weighted by atomic mass is 10.1. The largest absolute Gasteiger partial charge is 0.333 e. The minimum atomic E-state index is -0.312. The Morgan fingerprint density at radius 1 is 1.43 bits per heavy atom. The van der Waals surface area contributed by atoms with Crippen LogP contribution in [0.3, 0.4) is 0 Å². The number of amides is 2. The third-order valence-corrected chi connectivity index (χ3v) is 6.25. The zero-order valence-electron chi connectivity index (χ0n) is 16.1. The van der Waals surface area contributed by atoms with Crippen LogP contribution in [0.2, 0.25) is 0 Å². The number of carbonyl (C=O) groups is 2. The summed E-state index contributed by atoms with van der Waals surface area (Å²) >= 11 is 0. The van der Waals surface area contributed by atoms with Gasteiger partial charge in [0.2, 0.25) is 11.8 Å². The average molecular weight is 384 g/mol. The van der Waals surface area contributed by atoms with Crippen molar-refractivity contribution in [3.63, 3.8) is 0 Å². The smallest absolute Gasteiger partial charge is 0.240 e. The second-order valence-electron chi connectivity index (χ2n) is 8.18. The first-order valence-corrected chi connectivity index (χ1v) is 9.97. The molecule has 1 unspecified atom stereocenters. The standard InChI is InChI=1S/C21H25FN4O2/c1-14(20(27)25-7-3-6-17(25)10-23)11-24-13-18-9-19(24)21(28)26(18)12-15-4-2-5-16(22)8-15/h2,4-5,8,14,17-19H,3,6-7,9,11-13H2,1H3/t14?,17-,18+,19+/m0/s1. The summed E-state index contributed by atoms with van der Waals surface area (Å²) in [7, 11) is 0. The van der Waals surface area contributed by atoms with E-state index < -0.39 is 0 Å². The number of halogens is 1. The molecule has 3 heterocycles. The van der Waals surface area contributed by atoms with Crippen molar-refractivity contribution in [2.75, 3.05) is 19.6 Å². The van der Waals surface area contributed by atoms with Gasteiger partial charge in [0.25, 0.3) is 0 Å². The molecule has 28 heavy (non-hydrogen) atoms. The molecule has 0 radical (unpaired) electrons. The quantitative estimate of drug-likeness (QED) is 0.776. The van der Waals surface area contributed by atoms with Crippen molar-refractivity contribution < 1.29 is 14.0 Å². The van der Waals surface area contributed by atoms with Crippen LogP contribution in [0, 0.1) is 23.1 Å². The molecule has 3 aliphatic heterocycles. The normalized spacial score (nSPS) is 28.0. The molecule has 3 aliphatic rings. The molecule has 3 fully saturated rings. The average Bonchev–Trinajstić information content (AvgIpc) is 3.37. The molecule has 0 N–H and O–H groups in total. The third kappa shape index (κ3) is 3.37. The lowest BCUT2D eigenvalue weighted by Crippen LogP contribution is -2.52. The van der Waals surface area contributed by atoms with Crippen LogP contribution < -0.4 is 0 Å². The molecular formula is C21H25FN4O2. The van der Waals surface area contributed by atoms with Crippen molar-refractivity contribution in [1.29, 1.82) is 5.26 Å². The Bertz CT molecular complexity index is 823. The Kier molecular flexibility index (Phi) is 5.07. The molecule has 4 atom stereocenters. The fourth-order valence-corrected chi connectivity index (χ4v) is 4.85. The van der Waals surface area contributed by atoms with Crippen LogP contribution in [-0.4, -0.2) is 64.3 Å². The van der Waals surface area contributed by atoms with Gasteiger partial charge in [-0.1, -0.05) is 19.1 Å². The summed E-state index contributed by atoms with van der Waals surface area (Å²) < 4.78 is 13.4. The van der Waals surface area contributed by atoms with Gasteiger partial charge in [0.05, 0.1) is 12.1 Å². The van der Waals surface area contributed by atoms with Crippen molar-refractivity contribution in [2.45, 2.75) is 50.9 Å². The Balaban J connectivity index is 1.36. The lowest BCUT2D eigenvalue weighted by Gasteiger charge is -2.35. The summed E-state index contributed by atoms with van der Waals surface area (Å²) in [6.07, 6.45) is 2.38. The third-order valence-electron chi connectivity index (χ3n) is 6.25. The summed E-state index contributed by atoms with van der Waals surface area (Å²) in [5.41, 5.74) is 0.799. The highest BCUT2D eigenvalue weighted by molar-refractivity contribution is 5.86. The maximum absolute atomic E-state index is 13.4. The topological polar surface area (TPSA) is 67.7 Å². The number of hydrogen-bond donors (Lipinski definition) is 0. The van der Waals surface area contributed by atoms with Gasteiger partial charge >= 0.3 is 0 Å². The summed E-state index contributed by atoms with van der Waals surface area (Å²) in [5, 5.41) is 9.21. The number of nitriles is 1. The van der Waals surface area contributed by atoms with E-state index in [1.54, 1.807) is 11.0 Å². The van der Waals surface area contributed by atoms with E-state index in [9.17, 15) is 19.2 Å². The Labute approximate surface area is 164 Å². The van der Waals surface area contributed by atoms with Crippen molar-refractivity contribution in [2.24, 2.45) is 5.92 Å². The maximum Gasteiger partial charge on any atom is 0.240 e. The van der Waals surface area contributed by atoms with E-state index in [1.807, 2.05) is 17.9 Å².